The van der Waals surface area contributed by atoms with Gasteiger partial charge in [0.2, 0.25) is 0 Å². The van der Waals surface area contributed by atoms with Gasteiger partial charge in [0.05, 0.1) is 0 Å². The van der Waals surface area contributed by atoms with E-state index in [0.717, 1.165) is 0 Å². The Hall–Kier alpha value is 3.30. The second-order valence-corrected chi connectivity index (χ2v) is 0. The Kier molecular flexibility index (Phi) is 216. The Morgan fingerprint density at radius 1 is 1.20 bits per heavy atom. The van der Waals surface area contributed by atoms with Crippen LogP contribution in [0.2, 0.25) is 0 Å². The van der Waals surface area contributed by atoms with Crippen molar-refractivity contribution in [3.63, 3.8) is 0 Å². The standard InChI is InChI=1S/Ca.Co.Cu.Mn.Ni.2H/q+2;;;;;2*-1. The molecule has 0 bridgehead atoms. The quantitative estimate of drug-likeness (QED) is 0.540. The molecule has 0 heterocycles. The van der Waals surface area contributed by atoms with E-state index in [-0.39, 0.29) is 108 Å². The van der Waals surface area contributed by atoms with Gasteiger partial charge in [-0.1, -0.05) is 0 Å². The van der Waals surface area contributed by atoms with Crippen LogP contribution in [0.4, 0.5) is 0 Å². The van der Waals surface area contributed by atoms with Crippen molar-refractivity contribution in [2.75, 3.05) is 0 Å². The molecule has 5 heteroatoms. The number of rotatable bonds is 0. The summed E-state index contributed by atoms with van der Waals surface area (Å²) >= 11 is 0. The van der Waals surface area contributed by atoms with Crippen molar-refractivity contribution in [2.24, 2.45) is 0 Å². The van der Waals surface area contributed by atoms with Crippen molar-refractivity contribution in [1.82, 2.24) is 0 Å². The van der Waals surface area contributed by atoms with Gasteiger partial charge >= 0.3 is 37.7 Å². The van der Waals surface area contributed by atoms with Gasteiger partial charge in [0.15, 0.2) is 0 Å². The van der Waals surface area contributed by atoms with E-state index in [0.29, 0.717) is 0 Å². The third-order valence-electron chi connectivity index (χ3n) is 0. The molecule has 0 aromatic carbocycles. The predicted octanol–water partition coefficient (Wildman–Crippen LogP) is -0.166. The molecule has 0 unspecified atom stereocenters. The van der Waals surface area contributed by atoms with Crippen LogP contribution in [0, 0.1) is 0 Å². The molecule has 5 heavy (non-hydrogen) atoms. The van der Waals surface area contributed by atoms with Crippen LogP contribution in [0.15, 0.2) is 0 Å². The maximum Gasteiger partial charge on any atom is 2.00 e. The Morgan fingerprint density at radius 3 is 1.20 bits per heavy atom. The summed E-state index contributed by atoms with van der Waals surface area (Å²) in [6, 6.07) is 0. The van der Waals surface area contributed by atoms with E-state index in [1.165, 1.54) is 0 Å². The van der Waals surface area contributed by atoms with Crippen molar-refractivity contribution in [2.45, 2.75) is 0 Å². The topological polar surface area (TPSA) is 0 Å². The zero-order valence-electron chi connectivity index (χ0n) is 4.04. The molecule has 41 valence electrons. The van der Waals surface area contributed by atoms with E-state index in [1.807, 2.05) is 0 Å². The third-order valence-corrected chi connectivity index (χ3v) is 0. The van der Waals surface area contributed by atoms with Crippen LogP contribution in [0.1, 0.15) is 2.85 Å². The molecule has 0 saturated carbocycles. The maximum atomic E-state index is 0. The molecule has 0 N–H and O–H groups in total. The van der Waals surface area contributed by atoms with Gasteiger partial charge in [0.25, 0.3) is 0 Å². The largest absolute Gasteiger partial charge is 2.00 e. The normalized spacial score (nSPS) is 0. The number of hydrogen-bond acceptors (Lipinski definition) is 0. The maximum absolute atomic E-state index is 0. The first-order valence-corrected chi connectivity index (χ1v) is 0. The first kappa shape index (κ1) is 40.6. The van der Waals surface area contributed by atoms with Crippen LogP contribution < -0.4 is 0 Å². The molecular weight excluding hydrogens is 276 g/mol. The fourth-order valence-corrected chi connectivity index (χ4v) is 0. The molecule has 0 amide bonds. The third kappa shape index (κ3) is 18.8. The smallest absolute Gasteiger partial charge is 1.00 e. The summed E-state index contributed by atoms with van der Waals surface area (Å²) in [4.78, 5) is 0. The van der Waals surface area contributed by atoms with E-state index in [2.05, 4.69) is 0 Å². The molecule has 0 nitrogen and oxygen atoms in total. The zero-order chi connectivity index (χ0) is 0. The first-order valence-electron chi connectivity index (χ1n) is 0. The minimum Gasteiger partial charge on any atom is -1.00 e. The van der Waals surface area contributed by atoms with E-state index in [9.17, 15) is 0 Å². The second kappa shape index (κ2) is 26.6. The van der Waals surface area contributed by atoms with Gasteiger partial charge in [0.1, 0.15) is 0 Å². The van der Waals surface area contributed by atoms with Crippen molar-refractivity contribution in [1.29, 1.82) is 0 Å². The van der Waals surface area contributed by atoms with Crippen LogP contribution in [-0.4, -0.2) is 37.7 Å². The van der Waals surface area contributed by atoms with Gasteiger partial charge < -0.3 is 2.85 Å². The van der Waals surface area contributed by atoms with Crippen LogP contribution in [0.25, 0.3) is 0 Å². The minimum absolute atomic E-state index is 0. The van der Waals surface area contributed by atoms with Gasteiger partial charge in [-0.2, -0.15) is 0 Å². The molecular formula is H2CaCoCuMnNi. The van der Waals surface area contributed by atoms with Crippen molar-refractivity contribution < 1.29 is 70.3 Å². The van der Waals surface area contributed by atoms with Gasteiger partial charge in [-0.05, 0) is 0 Å². The summed E-state index contributed by atoms with van der Waals surface area (Å²) < 4.78 is 0. The van der Waals surface area contributed by atoms with E-state index >= 15 is 0 Å². The number of hydrogen-bond donors (Lipinski definition) is 0. The Morgan fingerprint density at radius 2 is 1.20 bits per heavy atom. The van der Waals surface area contributed by atoms with E-state index in [4.69, 9.17) is 0 Å². The molecule has 0 aliphatic carbocycles. The Labute approximate surface area is 106 Å². The van der Waals surface area contributed by atoms with Crippen molar-refractivity contribution in [3.05, 3.63) is 0 Å². The fourth-order valence-electron chi connectivity index (χ4n) is 0. The summed E-state index contributed by atoms with van der Waals surface area (Å²) in [6.45, 7) is 0. The summed E-state index contributed by atoms with van der Waals surface area (Å²) in [5.74, 6) is 0. The summed E-state index contributed by atoms with van der Waals surface area (Å²) in [5, 5.41) is 0. The van der Waals surface area contributed by atoms with Crippen LogP contribution in [-0.2, 0) is 67.4 Å². The fraction of sp³-hybridized carbons (Fsp3) is 0. The Balaban J connectivity index is 0. The van der Waals surface area contributed by atoms with E-state index in [1.54, 1.807) is 0 Å². The molecule has 0 rings (SSSR count). The molecule has 0 spiro atoms. The van der Waals surface area contributed by atoms with Crippen LogP contribution >= 0.6 is 0 Å². The van der Waals surface area contributed by atoms with Gasteiger partial charge in [-0.15, -0.1) is 0 Å². The van der Waals surface area contributed by atoms with Gasteiger partial charge in [-0.25, -0.2) is 0 Å². The summed E-state index contributed by atoms with van der Waals surface area (Å²) in [6.07, 6.45) is 0. The van der Waals surface area contributed by atoms with Crippen LogP contribution in [0.3, 0.4) is 0 Å². The second-order valence-electron chi connectivity index (χ2n) is 0. The van der Waals surface area contributed by atoms with Gasteiger partial charge in [-0.3, -0.25) is 0 Å². The molecule has 0 fully saturated rings. The summed E-state index contributed by atoms with van der Waals surface area (Å²) in [5.41, 5.74) is 0. The first-order chi connectivity index (χ1) is 0. The molecule has 0 aromatic rings. The molecule has 0 aliphatic heterocycles. The van der Waals surface area contributed by atoms with E-state index < -0.39 is 0 Å². The average Bonchev–Trinajstić information content (AvgIpc) is 0. The molecule has 3 radical (unpaired) electrons. The van der Waals surface area contributed by atoms with Gasteiger partial charge in [0, 0.05) is 67.4 Å². The monoisotopic (exact) mass is 277 g/mol. The molecule has 0 aromatic heterocycles. The SMILES string of the molecule is [Ca+2].[Co].[Cu].[H-].[H-].[Mn].[Ni]. The van der Waals surface area contributed by atoms with Crippen molar-refractivity contribution in [3.8, 4) is 0 Å². The average molecular weight is 278 g/mol. The zero-order valence-corrected chi connectivity index (χ0v) is 8.40. The van der Waals surface area contributed by atoms with Crippen LogP contribution in [0.5, 0.6) is 0 Å². The molecule has 0 saturated heterocycles. The molecule has 0 aliphatic rings. The summed E-state index contributed by atoms with van der Waals surface area (Å²) in [7, 11) is 0. The predicted molar refractivity (Wildman–Crippen MR) is 7.98 cm³/mol. The molecule has 0 atom stereocenters. The van der Waals surface area contributed by atoms with Crippen molar-refractivity contribution >= 4 is 37.7 Å². The minimum atomic E-state index is 0. The Bertz CT molecular complexity index is 17.7.